The summed E-state index contributed by atoms with van der Waals surface area (Å²) in [6.07, 6.45) is 3.53. The maximum absolute atomic E-state index is 4.39. The summed E-state index contributed by atoms with van der Waals surface area (Å²) in [5.74, 6) is 0.923. The van der Waals surface area contributed by atoms with Crippen molar-refractivity contribution in [3.63, 3.8) is 0 Å². The van der Waals surface area contributed by atoms with Crippen LogP contribution in [0.15, 0.2) is 33.7 Å². The Kier molecular flexibility index (Phi) is 9.26. The van der Waals surface area contributed by atoms with Gasteiger partial charge in [0.2, 0.25) is 0 Å². The Bertz CT molecular complexity index is 559. The van der Waals surface area contributed by atoms with Gasteiger partial charge in [0.25, 0.3) is 0 Å². The second-order valence-corrected chi connectivity index (χ2v) is 7.61. The van der Waals surface area contributed by atoms with Gasteiger partial charge in [-0.2, -0.15) is 0 Å². The number of rotatable bonds is 9. The van der Waals surface area contributed by atoms with E-state index in [0.29, 0.717) is 6.04 Å². The first kappa shape index (κ1) is 21.0. The fourth-order valence-corrected chi connectivity index (χ4v) is 3.94. The minimum atomic E-state index is 0.434. The molecule has 5 nitrogen and oxygen atoms in total. The van der Waals surface area contributed by atoms with E-state index < -0.39 is 0 Å². The van der Waals surface area contributed by atoms with Crippen LogP contribution in [0, 0.1) is 0 Å². The molecule has 146 valence electrons. The SMILES string of the molecule is CCN(CC)CCCCNC(=NC)NC1CCN(c2ccccc2Br)C1. The largest absolute Gasteiger partial charge is 0.368 e. The lowest BCUT2D eigenvalue weighted by Gasteiger charge is -2.21. The average molecular weight is 424 g/mol. The highest BCUT2D eigenvalue weighted by atomic mass is 79.9. The Morgan fingerprint density at radius 1 is 1.27 bits per heavy atom. The van der Waals surface area contributed by atoms with E-state index in [-0.39, 0.29) is 0 Å². The third-order valence-corrected chi connectivity index (χ3v) is 5.70. The van der Waals surface area contributed by atoms with E-state index >= 15 is 0 Å². The lowest BCUT2D eigenvalue weighted by atomic mass is 10.2. The van der Waals surface area contributed by atoms with E-state index in [0.717, 1.165) is 49.6 Å². The molecule has 0 radical (unpaired) electrons. The van der Waals surface area contributed by atoms with Gasteiger partial charge in [0.15, 0.2) is 5.96 Å². The number of hydrogen-bond donors (Lipinski definition) is 2. The van der Waals surface area contributed by atoms with Gasteiger partial charge in [-0.1, -0.05) is 26.0 Å². The zero-order chi connectivity index (χ0) is 18.8. The third-order valence-electron chi connectivity index (χ3n) is 5.03. The van der Waals surface area contributed by atoms with Crippen LogP contribution in [0.2, 0.25) is 0 Å². The van der Waals surface area contributed by atoms with Gasteiger partial charge >= 0.3 is 0 Å². The Labute approximate surface area is 167 Å². The van der Waals surface area contributed by atoms with Crippen molar-refractivity contribution in [2.24, 2.45) is 4.99 Å². The molecule has 1 unspecified atom stereocenters. The van der Waals surface area contributed by atoms with Gasteiger partial charge < -0.3 is 20.4 Å². The van der Waals surface area contributed by atoms with E-state index in [2.05, 4.69) is 79.5 Å². The van der Waals surface area contributed by atoms with Crippen LogP contribution in [0.25, 0.3) is 0 Å². The number of nitrogens with one attached hydrogen (secondary N) is 2. The molecule has 0 bridgehead atoms. The maximum atomic E-state index is 4.39. The van der Waals surface area contributed by atoms with Crippen LogP contribution in [-0.2, 0) is 0 Å². The number of anilines is 1. The molecule has 0 aliphatic carbocycles. The number of aliphatic imine (C=N–C) groups is 1. The monoisotopic (exact) mass is 423 g/mol. The number of unbranched alkanes of at least 4 members (excludes halogenated alkanes) is 1. The average Bonchev–Trinajstić information content (AvgIpc) is 3.12. The summed E-state index contributed by atoms with van der Waals surface area (Å²) in [5.41, 5.74) is 1.27. The molecule has 1 saturated heterocycles. The lowest BCUT2D eigenvalue weighted by Crippen LogP contribution is -2.45. The van der Waals surface area contributed by atoms with Gasteiger partial charge in [-0.15, -0.1) is 0 Å². The highest BCUT2D eigenvalue weighted by Gasteiger charge is 2.24. The van der Waals surface area contributed by atoms with Crippen molar-refractivity contribution in [1.82, 2.24) is 15.5 Å². The smallest absolute Gasteiger partial charge is 0.191 e. The van der Waals surface area contributed by atoms with E-state index in [1.165, 1.54) is 25.1 Å². The van der Waals surface area contributed by atoms with E-state index in [4.69, 9.17) is 0 Å². The molecular weight excluding hydrogens is 390 g/mol. The zero-order valence-corrected chi connectivity index (χ0v) is 18.1. The molecule has 0 aromatic heterocycles. The fourth-order valence-electron chi connectivity index (χ4n) is 3.40. The number of para-hydroxylation sites is 1. The van der Waals surface area contributed by atoms with Gasteiger partial charge in [-0.3, -0.25) is 4.99 Å². The second kappa shape index (κ2) is 11.4. The number of guanidine groups is 1. The highest BCUT2D eigenvalue weighted by Crippen LogP contribution is 2.28. The zero-order valence-electron chi connectivity index (χ0n) is 16.5. The van der Waals surface area contributed by atoms with Gasteiger partial charge in [-0.25, -0.2) is 0 Å². The van der Waals surface area contributed by atoms with E-state index in [1.807, 2.05) is 7.05 Å². The molecule has 0 amide bonds. The van der Waals surface area contributed by atoms with Crippen LogP contribution in [-0.4, -0.2) is 63.2 Å². The Morgan fingerprint density at radius 2 is 2.04 bits per heavy atom. The predicted molar refractivity (Wildman–Crippen MR) is 116 cm³/mol. The molecule has 1 atom stereocenters. The van der Waals surface area contributed by atoms with Crippen molar-refractivity contribution in [1.29, 1.82) is 0 Å². The van der Waals surface area contributed by atoms with Gasteiger partial charge in [0.1, 0.15) is 0 Å². The summed E-state index contributed by atoms with van der Waals surface area (Å²) < 4.78 is 1.16. The molecule has 2 N–H and O–H groups in total. The molecule has 2 rings (SSSR count). The standard InChI is InChI=1S/C20H34BrN5/c1-4-25(5-2)14-9-8-13-23-20(22-3)24-17-12-15-26(16-17)19-11-7-6-10-18(19)21/h6-7,10-11,17H,4-5,8-9,12-16H2,1-3H3,(H2,22,23,24). The Balaban J connectivity index is 1.69. The second-order valence-electron chi connectivity index (χ2n) is 6.76. The summed E-state index contributed by atoms with van der Waals surface area (Å²) in [5, 5.41) is 7.04. The minimum Gasteiger partial charge on any atom is -0.368 e. The van der Waals surface area contributed by atoms with Gasteiger partial charge in [0, 0.05) is 37.2 Å². The quantitative estimate of drug-likeness (QED) is 0.363. The normalized spacial score (nSPS) is 17.8. The number of hydrogen-bond acceptors (Lipinski definition) is 3. The van der Waals surface area contributed by atoms with Gasteiger partial charge in [0.05, 0.1) is 5.69 Å². The summed E-state index contributed by atoms with van der Waals surface area (Å²) in [6, 6.07) is 8.87. The van der Waals surface area contributed by atoms with Gasteiger partial charge in [-0.05, 0) is 67.0 Å². The highest BCUT2D eigenvalue weighted by molar-refractivity contribution is 9.10. The third kappa shape index (κ3) is 6.47. The van der Waals surface area contributed by atoms with Crippen molar-refractivity contribution < 1.29 is 0 Å². The summed E-state index contributed by atoms with van der Waals surface area (Å²) in [4.78, 5) is 9.29. The number of halogens is 1. The molecule has 1 heterocycles. The molecule has 1 fully saturated rings. The predicted octanol–water partition coefficient (Wildman–Crippen LogP) is 3.31. The summed E-state index contributed by atoms with van der Waals surface area (Å²) in [7, 11) is 1.85. The van der Waals surface area contributed by atoms with Crippen LogP contribution in [0.5, 0.6) is 0 Å². The van der Waals surface area contributed by atoms with Crippen LogP contribution in [0.1, 0.15) is 33.1 Å². The van der Waals surface area contributed by atoms with Crippen LogP contribution in [0.3, 0.4) is 0 Å². The molecule has 26 heavy (non-hydrogen) atoms. The Morgan fingerprint density at radius 3 is 2.73 bits per heavy atom. The molecule has 0 spiro atoms. The topological polar surface area (TPSA) is 42.9 Å². The number of benzene rings is 1. The Hall–Kier alpha value is -1.27. The van der Waals surface area contributed by atoms with Crippen molar-refractivity contribution in [3.8, 4) is 0 Å². The molecule has 0 saturated carbocycles. The molecule has 6 heteroatoms. The van der Waals surface area contributed by atoms with Crippen molar-refractivity contribution >= 4 is 27.6 Å². The first-order valence-electron chi connectivity index (χ1n) is 9.86. The van der Waals surface area contributed by atoms with Crippen LogP contribution in [0.4, 0.5) is 5.69 Å². The van der Waals surface area contributed by atoms with Crippen molar-refractivity contribution in [3.05, 3.63) is 28.7 Å². The first-order chi connectivity index (χ1) is 12.7. The summed E-state index contributed by atoms with van der Waals surface area (Å²) in [6.45, 7) is 11.0. The molecule has 1 aliphatic heterocycles. The minimum absolute atomic E-state index is 0.434. The van der Waals surface area contributed by atoms with Crippen molar-refractivity contribution in [2.45, 2.75) is 39.2 Å². The van der Waals surface area contributed by atoms with E-state index in [9.17, 15) is 0 Å². The van der Waals surface area contributed by atoms with Crippen molar-refractivity contribution in [2.75, 3.05) is 51.2 Å². The maximum Gasteiger partial charge on any atom is 0.191 e. The summed E-state index contributed by atoms with van der Waals surface area (Å²) >= 11 is 3.66. The molecule has 1 aliphatic rings. The van der Waals surface area contributed by atoms with Crippen LogP contribution < -0.4 is 15.5 Å². The number of nitrogens with zero attached hydrogens (tertiary/aromatic N) is 3. The van der Waals surface area contributed by atoms with E-state index in [1.54, 1.807) is 0 Å². The molecule has 1 aromatic rings. The fraction of sp³-hybridized carbons (Fsp3) is 0.650. The molecular formula is C20H34BrN5. The van der Waals surface area contributed by atoms with Crippen LogP contribution >= 0.6 is 15.9 Å². The molecule has 1 aromatic carbocycles. The lowest BCUT2D eigenvalue weighted by molar-refractivity contribution is 0.297. The first-order valence-corrected chi connectivity index (χ1v) is 10.7.